The predicted octanol–water partition coefficient (Wildman–Crippen LogP) is 2.97. The van der Waals surface area contributed by atoms with Crippen molar-refractivity contribution in [3.05, 3.63) is 40.6 Å². The van der Waals surface area contributed by atoms with Crippen LogP contribution in [0.5, 0.6) is 0 Å². The normalized spacial score (nSPS) is 14.7. The van der Waals surface area contributed by atoms with Gasteiger partial charge in [-0.05, 0) is 31.4 Å². The summed E-state index contributed by atoms with van der Waals surface area (Å²) in [7, 11) is 0. The number of carbonyl (C=O) groups is 1. The Balaban J connectivity index is 1.41. The molecule has 0 radical (unpaired) electrons. The van der Waals surface area contributed by atoms with E-state index in [0.29, 0.717) is 6.42 Å². The van der Waals surface area contributed by atoms with Gasteiger partial charge in [0, 0.05) is 36.7 Å². The van der Waals surface area contributed by atoms with Crippen molar-refractivity contribution in [1.82, 2.24) is 15.0 Å². The highest BCUT2D eigenvalue weighted by atomic mass is 32.1. The SMILES string of the molecule is O=C1CCC(c2ccc(CCCCCn3ccnc3)s2)=NN1. The second kappa shape index (κ2) is 7.35. The van der Waals surface area contributed by atoms with Gasteiger partial charge in [-0.2, -0.15) is 5.10 Å². The summed E-state index contributed by atoms with van der Waals surface area (Å²) in [5.74, 6) is 0.0124. The van der Waals surface area contributed by atoms with E-state index in [0.717, 1.165) is 25.1 Å². The van der Waals surface area contributed by atoms with Gasteiger partial charge in [-0.1, -0.05) is 6.42 Å². The number of nitrogens with zero attached hydrogens (tertiary/aromatic N) is 3. The van der Waals surface area contributed by atoms with E-state index in [2.05, 4.69) is 32.2 Å². The summed E-state index contributed by atoms with van der Waals surface area (Å²) in [6, 6.07) is 4.32. The molecule has 1 aliphatic rings. The third kappa shape index (κ3) is 4.04. The highest BCUT2D eigenvalue weighted by Crippen LogP contribution is 2.22. The van der Waals surface area contributed by atoms with Crippen LogP contribution in [0.2, 0.25) is 0 Å². The van der Waals surface area contributed by atoms with Crippen molar-refractivity contribution in [2.75, 3.05) is 0 Å². The van der Waals surface area contributed by atoms with E-state index in [-0.39, 0.29) is 5.91 Å². The Labute approximate surface area is 134 Å². The van der Waals surface area contributed by atoms with Crippen molar-refractivity contribution < 1.29 is 4.79 Å². The van der Waals surface area contributed by atoms with Crippen LogP contribution in [0.3, 0.4) is 0 Å². The second-order valence-corrected chi connectivity index (χ2v) is 6.64. The summed E-state index contributed by atoms with van der Waals surface area (Å²) in [6.07, 6.45) is 11.7. The van der Waals surface area contributed by atoms with Crippen LogP contribution in [0.1, 0.15) is 41.9 Å². The summed E-state index contributed by atoms with van der Waals surface area (Å²) in [6.45, 7) is 1.05. The molecule has 0 bridgehead atoms. The van der Waals surface area contributed by atoms with E-state index >= 15 is 0 Å². The Morgan fingerprint density at radius 3 is 2.95 bits per heavy atom. The molecule has 116 valence electrons. The number of amides is 1. The number of aryl methyl sites for hydroxylation is 2. The molecule has 1 aliphatic heterocycles. The second-order valence-electron chi connectivity index (χ2n) is 5.47. The first kappa shape index (κ1) is 15.0. The van der Waals surface area contributed by atoms with Crippen molar-refractivity contribution in [2.45, 2.75) is 45.1 Å². The number of rotatable bonds is 7. The number of hydrogen-bond donors (Lipinski definition) is 1. The minimum atomic E-state index is 0.0124. The van der Waals surface area contributed by atoms with Crippen molar-refractivity contribution in [1.29, 1.82) is 0 Å². The van der Waals surface area contributed by atoms with Gasteiger partial charge in [0.1, 0.15) is 0 Å². The minimum Gasteiger partial charge on any atom is -0.337 e. The molecule has 0 fully saturated rings. The zero-order chi connectivity index (χ0) is 15.2. The predicted molar refractivity (Wildman–Crippen MR) is 88.0 cm³/mol. The fourth-order valence-electron chi connectivity index (χ4n) is 2.51. The number of hydrazone groups is 1. The molecule has 0 aliphatic carbocycles. The fraction of sp³-hybridized carbons (Fsp3) is 0.438. The molecule has 1 amide bonds. The molecule has 0 aromatic carbocycles. The number of nitrogens with one attached hydrogen (secondary N) is 1. The third-order valence-corrected chi connectivity index (χ3v) is 4.94. The monoisotopic (exact) mass is 316 g/mol. The molecule has 6 heteroatoms. The molecule has 3 heterocycles. The van der Waals surface area contributed by atoms with Gasteiger partial charge in [0.25, 0.3) is 0 Å². The molecule has 2 aromatic rings. The van der Waals surface area contributed by atoms with Gasteiger partial charge < -0.3 is 4.57 Å². The van der Waals surface area contributed by atoms with Crippen LogP contribution in [0.25, 0.3) is 0 Å². The standard InChI is InChI=1S/C16H20N4OS/c21-16-8-6-14(18-19-16)15-7-5-13(22-15)4-2-1-3-10-20-11-9-17-12-20/h5,7,9,11-12H,1-4,6,8,10H2,(H,19,21). The summed E-state index contributed by atoms with van der Waals surface area (Å²) < 4.78 is 2.12. The van der Waals surface area contributed by atoms with Crippen LogP contribution >= 0.6 is 11.3 Å². The molecule has 22 heavy (non-hydrogen) atoms. The van der Waals surface area contributed by atoms with Crippen LogP contribution in [-0.4, -0.2) is 21.2 Å². The smallest absolute Gasteiger partial charge is 0.240 e. The number of thiophene rings is 1. The van der Waals surface area contributed by atoms with Crippen molar-refractivity contribution in [3.8, 4) is 0 Å². The lowest BCUT2D eigenvalue weighted by atomic mass is 10.1. The Kier molecular flexibility index (Phi) is 5.00. The summed E-state index contributed by atoms with van der Waals surface area (Å²) in [4.78, 5) is 17.7. The van der Waals surface area contributed by atoms with Crippen LogP contribution in [-0.2, 0) is 17.8 Å². The molecular formula is C16H20N4OS. The maximum Gasteiger partial charge on any atom is 0.240 e. The molecule has 3 rings (SSSR count). The van der Waals surface area contributed by atoms with Gasteiger partial charge in [-0.25, -0.2) is 10.4 Å². The highest BCUT2D eigenvalue weighted by molar-refractivity contribution is 7.14. The average molecular weight is 316 g/mol. The van der Waals surface area contributed by atoms with Crippen LogP contribution in [0.4, 0.5) is 0 Å². The van der Waals surface area contributed by atoms with Crippen LogP contribution in [0, 0.1) is 0 Å². The average Bonchev–Trinajstić information content (AvgIpc) is 3.19. The molecule has 5 nitrogen and oxygen atoms in total. The van der Waals surface area contributed by atoms with E-state index in [1.807, 2.05) is 18.7 Å². The van der Waals surface area contributed by atoms with Crippen molar-refractivity contribution in [2.24, 2.45) is 5.10 Å². The molecule has 0 spiro atoms. The quantitative estimate of drug-likeness (QED) is 0.798. The zero-order valence-corrected chi connectivity index (χ0v) is 13.3. The van der Waals surface area contributed by atoms with Crippen molar-refractivity contribution in [3.63, 3.8) is 0 Å². The van der Waals surface area contributed by atoms with Gasteiger partial charge in [-0.3, -0.25) is 4.79 Å². The van der Waals surface area contributed by atoms with Gasteiger partial charge >= 0.3 is 0 Å². The lowest BCUT2D eigenvalue weighted by Crippen LogP contribution is -2.25. The van der Waals surface area contributed by atoms with E-state index in [1.165, 1.54) is 29.0 Å². The van der Waals surface area contributed by atoms with Crippen LogP contribution in [0.15, 0.2) is 36.0 Å². The lowest BCUT2D eigenvalue weighted by molar-refractivity contribution is -0.121. The first-order chi connectivity index (χ1) is 10.8. The van der Waals surface area contributed by atoms with Gasteiger partial charge in [-0.15, -0.1) is 11.3 Å². The number of aromatic nitrogens is 2. The summed E-state index contributed by atoms with van der Waals surface area (Å²) in [5, 5.41) is 4.15. The van der Waals surface area contributed by atoms with E-state index in [1.54, 1.807) is 11.3 Å². The first-order valence-corrected chi connectivity index (χ1v) is 8.53. The van der Waals surface area contributed by atoms with Crippen LogP contribution < -0.4 is 5.43 Å². The number of carbonyl (C=O) groups excluding carboxylic acids is 1. The van der Waals surface area contributed by atoms with E-state index < -0.39 is 0 Å². The minimum absolute atomic E-state index is 0.0124. The Hall–Kier alpha value is -1.95. The van der Waals surface area contributed by atoms with Gasteiger partial charge in [0.15, 0.2) is 0 Å². The molecule has 0 saturated carbocycles. The van der Waals surface area contributed by atoms with Gasteiger partial charge in [0.05, 0.1) is 16.9 Å². The summed E-state index contributed by atoms with van der Waals surface area (Å²) >= 11 is 1.80. The third-order valence-electron chi connectivity index (χ3n) is 3.75. The number of hydrogen-bond acceptors (Lipinski definition) is 4. The largest absolute Gasteiger partial charge is 0.337 e. The maximum atomic E-state index is 11.1. The molecule has 0 unspecified atom stereocenters. The molecule has 1 N–H and O–H groups in total. The first-order valence-electron chi connectivity index (χ1n) is 7.71. The molecule has 2 aromatic heterocycles. The zero-order valence-electron chi connectivity index (χ0n) is 12.5. The lowest BCUT2D eigenvalue weighted by Gasteiger charge is -2.09. The number of unbranched alkanes of at least 4 members (excludes halogenated alkanes) is 2. The number of imidazole rings is 1. The Morgan fingerprint density at radius 1 is 1.23 bits per heavy atom. The molecular weight excluding hydrogens is 296 g/mol. The Morgan fingerprint density at radius 2 is 2.18 bits per heavy atom. The molecule has 0 saturated heterocycles. The molecule has 0 atom stereocenters. The summed E-state index contributed by atoms with van der Waals surface area (Å²) in [5.41, 5.74) is 3.57. The topological polar surface area (TPSA) is 59.3 Å². The van der Waals surface area contributed by atoms with E-state index in [9.17, 15) is 4.79 Å². The van der Waals surface area contributed by atoms with E-state index in [4.69, 9.17) is 0 Å². The highest BCUT2D eigenvalue weighted by Gasteiger charge is 2.14. The fourth-order valence-corrected chi connectivity index (χ4v) is 3.58. The van der Waals surface area contributed by atoms with Crippen molar-refractivity contribution >= 4 is 23.0 Å². The Bertz CT molecular complexity index is 645. The van der Waals surface area contributed by atoms with Gasteiger partial charge in [0.2, 0.25) is 5.91 Å². The maximum absolute atomic E-state index is 11.1.